The summed E-state index contributed by atoms with van der Waals surface area (Å²) >= 11 is 0. The third kappa shape index (κ3) is 5.95. The Morgan fingerprint density at radius 3 is 1.49 bits per heavy atom. The number of hydrogen-bond donors (Lipinski definition) is 0. The summed E-state index contributed by atoms with van der Waals surface area (Å²) in [6.07, 6.45) is 0. The van der Waals surface area contributed by atoms with Gasteiger partial charge in [-0.1, -0.05) is 175 Å². The molecule has 0 aliphatic carbocycles. The quantitative estimate of drug-likeness (QED) is 0.0991. The molecule has 4 heteroatoms. The molecule has 0 fully saturated rings. The van der Waals surface area contributed by atoms with Gasteiger partial charge in [-0.3, -0.25) is 0 Å². The van der Waals surface area contributed by atoms with Gasteiger partial charge in [0.25, 0.3) is 0 Å². The van der Waals surface area contributed by atoms with Gasteiger partial charge in [0.15, 0.2) is 0 Å². The topological polar surface area (TPSA) is 11.4 Å². The van der Waals surface area contributed by atoms with Crippen LogP contribution in [0.5, 0.6) is 0 Å². The van der Waals surface area contributed by atoms with Gasteiger partial charge in [0, 0.05) is 61.5 Å². The zero-order valence-corrected chi connectivity index (χ0v) is 40.5. The van der Waals surface area contributed by atoms with Crippen molar-refractivity contribution in [1.29, 1.82) is 0 Å². The zero-order valence-electron chi connectivity index (χ0n) is 40.5. The maximum Gasteiger partial charge on any atom is 0.333 e. The molecule has 1 aromatic heterocycles. The number of anilines is 6. The molecule has 2 aliphatic rings. The van der Waals surface area contributed by atoms with Gasteiger partial charge in [0.05, 0.1) is 0 Å². The maximum atomic E-state index is 2.69. The second-order valence-corrected chi connectivity index (χ2v) is 21.8. The van der Waals surface area contributed by atoms with E-state index >= 15 is 0 Å². The molecular formula is C66H52BN3. The molecule has 0 bridgehead atoms. The molecule has 0 unspecified atom stereocenters. The van der Waals surface area contributed by atoms with Gasteiger partial charge in [0.1, 0.15) is 0 Å². The Hall–Kier alpha value is -8.08. The molecule has 0 radical (unpaired) electrons. The lowest BCUT2D eigenvalue weighted by atomic mass is 9.45. The highest BCUT2D eigenvalue weighted by molar-refractivity contribution is 6.90. The average molecular weight is 898 g/mol. The zero-order chi connectivity index (χ0) is 47.2. The summed E-state index contributed by atoms with van der Waals surface area (Å²) in [6.45, 7) is 14.0. The third-order valence-electron chi connectivity index (χ3n) is 15.5. The summed E-state index contributed by atoms with van der Waals surface area (Å²) in [5.41, 5.74) is 17.1. The van der Waals surface area contributed by atoms with Crippen LogP contribution in [-0.2, 0) is 10.8 Å². The monoisotopic (exact) mass is 897 g/mol. The van der Waals surface area contributed by atoms with E-state index in [1.54, 1.807) is 0 Å². The Kier molecular flexibility index (Phi) is 8.61. The van der Waals surface area contributed by atoms with Gasteiger partial charge in [-0.15, -0.1) is 0 Å². The SMILES string of the molecule is CC(C)(C)c1cc(N2c3cc4cc5c6ccccc6c6ccccc6c5cc4cc3B3c4c(cc(N(c5ccccc5)c5ccccc5)cc42)-c2cccc4c5ccccc5n3c24)cc(C(C)(C)C)c1. The summed E-state index contributed by atoms with van der Waals surface area (Å²) in [5.74, 6) is 0. The lowest BCUT2D eigenvalue weighted by Gasteiger charge is -2.42. The van der Waals surface area contributed by atoms with Crippen molar-refractivity contribution in [3.63, 3.8) is 0 Å². The number of benzene rings is 11. The lowest BCUT2D eigenvalue weighted by molar-refractivity contribution is 0.569. The summed E-state index contributed by atoms with van der Waals surface area (Å²) in [4.78, 5) is 5.09. The van der Waals surface area contributed by atoms with Gasteiger partial charge in [0.2, 0.25) is 0 Å². The first-order chi connectivity index (χ1) is 34.0. The van der Waals surface area contributed by atoms with Crippen LogP contribution in [0.2, 0.25) is 0 Å². The Bertz CT molecular complexity index is 4080. The van der Waals surface area contributed by atoms with E-state index in [0.29, 0.717) is 0 Å². The van der Waals surface area contributed by atoms with Crippen LogP contribution in [0, 0.1) is 0 Å². The second-order valence-electron chi connectivity index (χ2n) is 21.8. The van der Waals surface area contributed by atoms with Gasteiger partial charge in [-0.05, 0) is 154 Å². The van der Waals surface area contributed by atoms with Crippen LogP contribution in [0.15, 0.2) is 206 Å². The van der Waals surface area contributed by atoms with E-state index in [4.69, 9.17) is 0 Å². The van der Waals surface area contributed by atoms with E-state index in [-0.39, 0.29) is 17.7 Å². The highest BCUT2D eigenvalue weighted by Crippen LogP contribution is 2.50. The van der Waals surface area contributed by atoms with E-state index in [2.05, 4.69) is 262 Å². The Labute approximate surface area is 409 Å². The number of aromatic nitrogens is 1. The van der Waals surface area contributed by atoms with Gasteiger partial charge >= 0.3 is 6.85 Å². The fourth-order valence-electron chi connectivity index (χ4n) is 12.1. The largest absolute Gasteiger partial charge is 0.375 e. The smallest absolute Gasteiger partial charge is 0.333 e. The minimum absolute atomic E-state index is 0.0867. The van der Waals surface area contributed by atoms with Crippen molar-refractivity contribution < 1.29 is 0 Å². The molecule has 3 heterocycles. The molecule has 2 aliphatic heterocycles. The molecule has 70 heavy (non-hydrogen) atoms. The van der Waals surface area contributed by atoms with Crippen LogP contribution in [0.3, 0.4) is 0 Å². The molecule has 0 N–H and O–H groups in total. The van der Waals surface area contributed by atoms with Gasteiger partial charge in [-0.2, -0.15) is 0 Å². The van der Waals surface area contributed by atoms with Crippen LogP contribution < -0.4 is 20.7 Å². The fraction of sp³-hybridized carbons (Fsp3) is 0.121. The summed E-state index contributed by atoms with van der Waals surface area (Å²) in [5, 5.41) is 12.8. The fourth-order valence-corrected chi connectivity index (χ4v) is 12.1. The predicted molar refractivity (Wildman–Crippen MR) is 302 cm³/mol. The van der Waals surface area contributed by atoms with Crippen LogP contribution in [0.1, 0.15) is 52.7 Å². The maximum absolute atomic E-state index is 2.69. The Morgan fingerprint density at radius 1 is 0.386 bits per heavy atom. The van der Waals surface area contributed by atoms with E-state index in [1.165, 1.54) is 115 Å². The van der Waals surface area contributed by atoms with E-state index in [1.807, 2.05) is 0 Å². The van der Waals surface area contributed by atoms with Crippen molar-refractivity contribution in [2.24, 2.45) is 0 Å². The molecule has 334 valence electrons. The third-order valence-corrected chi connectivity index (χ3v) is 15.5. The molecule has 0 atom stereocenters. The van der Waals surface area contributed by atoms with Crippen molar-refractivity contribution in [3.05, 3.63) is 217 Å². The summed E-state index contributed by atoms with van der Waals surface area (Å²) < 4.78 is 2.69. The first-order valence-corrected chi connectivity index (χ1v) is 24.9. The normalized spacial score (nSPS) is 13.2. The number of rotatable bonds is 4. The number of fused-ring (bicyclic) bond motifs is 14. The minimum Gasteiger partial charge on any atom is -0.375 e. The molecule has 0 saturated carbocycles. The molecule has 11 aromatic carbocycles. The molecule has 0 saturated heterocycles. The van der Waals surface area contributed by atoms with Crippen LogP contribution in [-0.4, -0.2) is 11.3 Å². The van der Waals surface area contributed by atoms with Crippen LogP contribution in [0.25, 0.3) is 76.0 Å². The first kappa shape index (κ1) is 40.9. The molecular weight excluding hydrogens is 846 g/mol. The van der Waals surface area contributed by atoms with Gasteiger partial charge < -0.3 is 14.3 Å². The molecule has 0 spiro atoms. The van der Waals surface area contributed by atoms with Crippen LogP contribution in [0.4, 0.5) is 34.1 Å². The van der Waals surface area contributed by atoms with Crippen molar-refractivity contribution in [1.82, 2.24) is 4.48 Å². The molecule has 14 rings (SSSR count). The average Bonchev–Trinajstić information content (AvgIpc) is 3.71. The van der Waals surface area contributed by atoms with Crippen molar-refractivity contribution >= 4 is 117 Å². The highest BCUT2D eigenvalue weighted by Gasteiger charge is 2.44. The molecule has 3 nitrogen and oxygen atoms in total. The standard InChI is InChI=1S/C66H52BN3/c1-65(2,3)43-36-44(66(4,5)6)38-47(37-43)69-61-35-42-33-57-52-27-16-14-25-50(52)49-24-13-15-26-51(49)56(57)32-41(42)34-59(61)67-63-58(55-30-19-29-54-53-28-17-18-31-60(53)70(67)64(54)55)39-48(40-62(63)69)68(45-20-9-7-10-21-45)46-22-11-8-12-23-46/h7-40H,1-6H3. The minimum atomic E-state index is -0.106. The molecule has 0 amide bonds. The molecule has 12 aromatic rings. The van der Waals surface area contributed by atoms with Crippen molar-refractivity contribution in [3.8, 4) is 11.1 Å². The van der Waals surface area contributed by atoms with Crippen LogP contribution >= 0.6 is 0 Å². The number of para-hydroxylation sites is 4. The van der Waals surface area contributed by atoms with Crippen molar-refractivity contribution in [2.75, 3.05) is 9.80 Å². The van der Waals surface area contributed by atoms with E-state index < -0.39 is 0 Å². The van der Waals surface area contributed by atoms with E-state index in [0.717, 1.165) is 17.1 Å². The lowest BCUT2D eigenvalue weighted by Crippen LogP contribution is -2.56. The summed E-state index contributed by atoms with van der Waals surface area (Å²) in [6, 6.07) is 78.2. The summed E-state index contributed by atoms with van der Waals surface area (Å²) in [7, 11) is 0. The predicted octanol–water partition coefficient (Wildman–Crippen LogP) is 16.9. The number of nitrogens with zero attached hydrogens (tertiary/aromatic N) is 3. The Balaban J connectivity index is 1.17. The number of hydrogen-bond acceptors (Lipinski definition) is 2. The van der Waals surface area contributed by atoms with E-state index in [9.17, 15) is 0 Å². The first-order valence-electron chi connectivity index (χ1n) is 24.9. The Morgan fingerprint density at radius 2 is 0.900 bits per heavy atom. The van der Waals surface area contributed by atoms with Gasteiger partial charge in [-0.25, -0.2) is 0 Å². The van der Waals surface area contributed by atoms with Crippen molar-refractivity contribution in [2.45, 2.75) is 52.4 Å². The highest BCUT2D eigenvalue weighted by atomic mass is 15.2. The second kappa shape index (κ2) is 14.7.